The van der Waals surface area contributed by atoms with Crippen molar-refractivity contribution < 1.29 is 17.1 Å². The summed E-state index contributed by atoms with van der Waals surface area (Å²) in [7, 11) is 0. The van der Waals surface area contributed by atoms with Crippen LogP contribution >= 0.6 is 22.6 Å². The minimum atomic E-state index is 0. The summed E-state index contributed by atoms with van der Waals surface area (Å²) in [6, 6.07) is 18.0. The maximum absolute atomic E-state index is 4.25. The Morgan fingerprint density at radius 1 is 0.769 bits per heavy atom. The predicted octanol–water partition coefficient (Wildman–Crippen LogP) is 6.60. The van der Waals surface area contributed by atoms with E-state index in [1.54, 1.807) is 0 Å². The molecule has 0 heterocycles. The van der Waals surface area contributed by atoms with E-state index in [9.17, 15) is 0 Å². The first kappa shape index (κ1) is 20.3. The summed E-state index contributed by atoms with van der Waals surface area (Å²) in [5.41, 5.74) is 8.38. The van der Waals surface area contributed by atoms with Gasteiger partial charge in [0.05, 0.1) is 0 Å². The van der Waals surface area contributed by atoms with E-state index in [1.165, 1.54) is 14.7 Å². The molecular formula is C22H17FeIN2. The van der Waals surface area contributed by atoms with Gasteiger partial charge in [0.25, 0.3) is 0 Å². The number of allylic oxidation sites excluding steroid dienone is 10. The fourth-order valence-electron chi connectivity index (χ4n) is 2.23. The Morgan fingerprint density at radius 2 is 1.35 bits per heavy atom. The minimum absolute atomic E-state index is 0. The SMILES string of the molecule is Ic1ccc([N-]N=C2C=CC(=C3C=CC=C3)C=C2)cc1.[Fe+2].c1cc[cH-]c1. The summed E-state index contributed by atoms with van der Waals surface area (Å²) < 4.78 is 1.20. The van der Waals surface area contributed by atoms with Crippen molar-refractivity contribution in [3.8, 4) is 0 Å². The molecule has 4 rings (SSSR count). The molecule has 2 aliphatic carbocycles. The summed E-state index contributed by atoms with van der Waals surface area (Å²) >= 11 is 2.27. The normalized spacial score (nSPS) is 14.0. The van der Waals surface area contributed by atoms with Crippen molar-refractivity contribution in [2.24, 2.45) is 5.10 Å². The molecule has 2 aromatic rings. The zero-order valence-corrected chi connectivity index (χ0v) is 17.2. The van der Waals surface area contributed by atoms with Gasteiger partial charge in [-0.15, -0.1) is 5.69 Å². The fourth-order valence-corrected chi connectivity index (χ4v) is 2.59. The Balaban J connectivity index is 0.000000351. The van der Waals surface area contributed by atoms with Crippen LogP contribution in [0.4, 0.5) is 5.69 Å². The van der Waals surface area contributed by atoms with Crippen molar-refractivity contribution in [2.75, 3.05) is 0 Å². The second-order valence-corrected chi connectivity index (χ2v) is 6.60. The van der Waals surface area contributed by atoms with Gasteiger partial charge in [0.1, 0.15) is 0 Å². The third-order valence-electron chi connectivity index (χ3n) is 3.53. The fraction of sp³-hybridized carbons (Fsp3) is 0. The number of halogens is 1. The largest absolute Gasteiger partial charge is 2.00 e. The molecule has 0 radical (unpaired) electrons. The van der Waals surface area contributed by atoms with Crippen LogP contribution in [0.5, 0.6) is 0 Å². The van der Waals surface area contributed by atoms with Gasteiger partial charge in [0.2, 0.25) is 0 Å². The molecule has 0 fully saturated rings. The van der Waals surface area contributed by atoms with Crippen molar-refractivity contribution in [3.63, 3.8) is 0 Å². The Bertz CT molecular complexity index is 818. The van der Waals surface area contributed by atoms with Crippen molar-refractivity contribution in [1.29, 1.82) is 0 Å². The van der Waals surface area contributed by atoms with Crippen molar-refractivity contribution >= 4 is 34.0 Å². The topological polar surface area (TPSA) is 26.5 Å². The van der Waals surface area contributed by atoms with Gasteiger partial charge in [-0.25, -0.2) is 12.1 Å². The van der Waals surface area contributed by atoms with Gasteiger partial charge in [-0.05, 0) is 45.9 Å². The van der Waals surface area contributed by atoms with Crippen molar-refractivity contribution in [2.45, 2.75) is 0 Å². The minimum Gasteiger partial charge on any atom is -0.575 e. The van der Waals surface area contributed by atoms with Gasteiger partial charge in [-0.1, -0.05) is 60.7 Å². The van der Waals surface area contributed by atoms with Crippen LogP contribution < -0.4 is 0 Å². The second kappa shape index (κ2) is 10.9. The van der Waals surface area contributed by atoms with Crippen LogP contribution in [-0.2, 0) is 17.1 Å². The van der Waals surface area contributed by atoms with Crippen LogP contribution in [0, 0.1) is 3.57 Å². The maximum Gasteiger partial charge on any atom is 2.00 e. The molecule has 2 aromatic carbocycles. The Hall–Kier alpha value is -2.01. The molecule has 26 heavy (non-hydrogen) atoms. The average molecular weight is 492 g/mol. The van der Waals surface area contributed by atoms with E-state index >= 15 is 0 Å². The summed E-state index contributed by atoms with van der Waals surface area (Å²) in [5.74, 6) is 0. The van der Waals surface area contributed by atoms with Crippen LogP contribution in [0.2, 0.25) is 0 Å². The monoisotopic (exact) mass is 492 g/mol. The zero-order chi connectivity index (χ0) is 17.3. The molecule has 0 saturated heterocycles. The first-order valence-corrected chi connectivity index (χ1v) is 9.05. The standard InChI is InChI=1S/C17H12IN2.C5H5.Fe/c18-15-7-11-17(12-8-15)20-19-16-9-5-14(6-10-16)13-3-1-2-4-13;1-2-4-5-3-1;/h1-12H;1-5H;/q2*-1;+2. The van der Waals surface area contributed by atoms with Crippen LogP contribution in [0.3, 0.4) is 0 Å². The molecule has 0 unspecified atom stereocenters. The second-order valence-electron chi connectivity index (χ2n) is 5.36. The molecule has 0 bridgehead atoms. The molecule has 0 aliphatic heterocycles. The van der Waals surface area contributed by atoms with Crippen LogP contribution in [-0.4, -0.2) is 5.71 Å². The third-order valence-corrected chi connectivity index (χ3v) is 4.25. The van der Waals surface area contributed by atoms with E-state index in [4.69, 9.17) is 0 Å². The maximum atomic E-state index is 4.25. The van der Waals surface area contributed by atoms with Crippen molar-refractivity contribution in [1.82, 2.24) is 0 Å². The zero-order valence-electron chi connectivity index (χ0n) is 13.9. The quantitative estimate of drug-likeness (QED) is 0.196. The number of rotatable bonds is 2. The van der Waals surface area contributed by atoms with E-state index in [-0.39, 0.29) is 17.1 Å². The van der Waals surface area contributed by atoms with Gasteiger partial charge in [-0.2, -0.15) is 18.2 Å². The van der Waals surface area contributed by atoms with Crippen LogP contribution in [0.1, 0.15) is 0 Å². The molecule has 130 valence electrons. The summed E-state index contributed by atoms with van der Waals surface area (Å²) in [5, 5.41) is 4.25. The number of hydrogen-bond donors (Lipinski definition) is 0. The van der Waals surface area contributed by atoms with E-state index in [0.29, 0.717) is 0 Å². The molecule has 0 spiro atoms. The summed E-state index contributed by atoms with van der Waals surface area (Å²) in [6.07, 6.45) is 16.4. The molecular weight excluding hydrogens is 475 g/mol. The van der Waals surface area contributed by atoms with E-state index in [2.05, 4.69) is 57.4 Å². The molecule has 2 nitrogen and oxygen atoms in total. The molecule has 0 aromatic heterocycles. The van der Waals surface area contributed by atoms with Gasteiger partial charge >= 0.3 is 17.1 Å². The molecule has 0 N–H and O–H groups in total. The molecule has 2 aliphatic rings. The average Bonchev–Trinajstić information content (AvgIpc) is 3.38. The van der Waals surface area contributed by atoms with Gasteiger partial charge < -0.3 is 10.5 Å². The smallest absolute Gasteiger partial charge is 0.575 e. The number of hydrogen-bond acceptors (Lipinski definition) is 1. The molecule has 0 atom stereocenters. The van der Waals surface area contributed by atoms with Crippen LogP contribution in [0.25, 0.3) is 5.43 Å². The van der Waals surface area contributed by atoms with E-state index < -0.39 is 0 Å². The first-order chi connectivity index (χ1) is 12.3. The molecule has 4 heteroatoms. The summed E-state index contributed by atoms with van der Waals surface area (Å²) in [6.45, 7) is 0. The van der Waals surface area contributed by atoms with Gasteiger partial charge in [-0.3, -0.25) is 0 Å². The number of benzene rings is 1. The first-order valence-electron chi connectivity index (χ1n) is 7.97. The predicted molar refractivity (Wildman–Crippen MR) is 115 cm³/mol. The van der Waals surface area contributed by atoms with E-state index in [0.717, 1.165) is 11.4 Å². The third kappa shape index (κ3) is 6.37. The van der Waals surface area contributed by atoms with E-state index in [1.807, 2.05) is 78.9 Å². The Kier molecular flexibility index (Phi) is 8.48. The Morgan fingerprint density at radius 3 is 1.88 bits per heavy atom. The summed E-state index contributed by atoms with van der Waals surface area (Å²) in [4.78, 5) is 0. The van der Waals surface area contributed by atoms with Gasteiger partial charge in [0, 0.05) is 9.28 Å². The number of nitrogens with zero attached hydrogens (tertiary/aromatic N) is 2. The van der Waals surface area contributed by atoms with Crippen molar-refractivity contribution in [3.05, 3.63) is 123 Å². The van der Waals surface area contributed by atoms with Gasteiger partial charge in [0.15, 0.2) is 0 Å². The Labute approximate surface area is 178 Å². The van der Waals surface area contributed by atoms with Crippen LogP contribution in [0.15, 0.2) is 119 Å². The molecule has 0 saturated carbocycles. The molecule has 0 amide bonds.